The van der Waals surface area contributed by atoms with Crippen LogP contribution in [0.4, 0.5) is 0 Å². The fourth-order valence-electron chi connectivity index (χ4n) is 2.39. The van der Waals surface area contributed by atoms with Crippen LogP contribution in [0.1, 0.15) is 38.5 Å². The van der Waals surface area contributed by atoms with Crippen LogP contribution < -0.4 is 10.6 Å². The van der Waals surface area contributed by atoms with Gasteiger partial charge in [0.1, 0.15) is 0 Å². The van der Waals surface area contributed by atoms with E-state index in [9.17, 15) is 0 Å². The van der Waals surface area contributed by atoms with Crippen molar-refractivity contribution in [2.45, 2.75) is 51.1 Å². The molecule has 1 aromatic heterocycles. The average molecular weight is 345 g/mol. The van der Waals surface area contributed by atoms with Crippen LogP contribution in [0.3, 0.4) is 0 Å². The molecule has 0 aliphatic heterocycles. The molecule has 0 bridgehead atoms. The molecule has 4 nitrogen and oxygen atoms in total. The van der Waals surface area contributed by atoms with Crippen LogP contribution in [0.5, 0.6) is 0 Å². The van der Waals surface area contributed by atoms with Crippen molar-refractivity contribution in [3.05, 3.63) is 16.9 Å². The van der Waals surface area contributed by atoms with E-state index >= 15 is 0 Å². The third-order valence-electron chi connectivity index (χ3n) is 3.39. The molecule has 1 aliphatic rings. The third-order valence-corrected chi connectivity index (χ3v) is 4.06. The van der Waals surface area contributed by atoms with Crippen molar-refractivity contribution < 1.29 is 0 Å². The van der Waals surface area contributed by atoms with E-state index < -0.39 is 0 Å². The minimum Gasteiger partial charge on any atom is -0.363 e. The molecule has 0 spiro atoms. The Labute approximate surface area is 128 Å². The van der Waals surface area contributed by atoms with Gasteiger partial charge in [0.25, 0.3) is 0 Å². The highest BCUT2D eigenvalue weighted by Gasteiger charge is 2.13. The molecule has 6 heteroatoms. The predicted molar refractivity (Wildman–Crippen MR) is 85.2 cm³/mol. The summed E-state index contributed by atoms with van der Waals surface area (Å²) in [6.45, 7) is 1.79. The standard InChI is InChI=1S/C13H21BrN4S/c14-11-9-16-18(10-11)8-4-7-15-13(19)17-12-5-2-1-3-6-12/h9-10,12H,1-8H2,(H2,15,17,19). The number of nitrogens with one attached hydrogen (secondary N) is 2. The topological polar surface area (TPSA) is 41.9 Å². The van der Waals surface area contributed by atoms with Crippen LogP contribution in [0.25, 0.3) is 0 Å². The Morgan fingerprint density at radius 2 is 2.21 bits per heavy atom. The van der Waals surface area contributed by atoms with Gasteiger partial charge < -0.3 is 10.6 Å². The lowest BCUT2D eigenvalue weighted by Gasteiger charge is -2.24. The zero-order valence-corrected chi connectivity index (χ0v) is 13.5. The molecule has 0 aromatic carbocycles. The van der Waals surface area contributed by atoms with Crippen LogP contribution in [0, 0.1) is 0 Å². The van der Waals surface area contributed by atoms with Crippen LogP contribution in [0.15, 0.2) is 16.9 Å². The maximum atomic E-state index is 5.32. The molecule has 1 aliphatic carbocycles. The number of aromatic nitrogens is 2. The summed E-state index contributed by atoms with van der Waals surface area (Å²) in [6.07, 6.45) is 11.3. The van der Waals surface area contributed by atoms with Gasteiger partial charge in [0.15, 0.2) is 5.11 Å². The van der Waals surface area contributed by atoms with Crippen LogP contribution in [-0.2, 0) is 6.54 Å². The second-order valence-corrected chi connectivity index (χ2v) is 6.33. The number of aryl methyl sites for hydroxylation is 1. The van der Waals surface area contributed by atoms with Gasteiger partial charge >= 0.3 is 0 Å². The SMILES string of the molecule is S=C(NCCCn1cc(Br)cn1)NC1CCCCC1. The summed E-state index contributed by atoms with van der Waals surface area (Å²) in [5.74, 6) is 0. The lowest BCUT2D eigenvalue weighted by molar-refractivity contribution is 0.411. The molecule has 0 saturated heterocycles. The van der Waals surface area contributed by atoms with Crippen LogP contribution in [0.2, 0.25) is 0 Å². The van der Waals surface area contributed by atoms with E-state index in [1.54, 1.807) is 0 Å². The summed E-state index contributed by atoms with van der Waals surface area (Å²) >= 11 is 8.71. The van der Waals surface area contributed by atoms with Crippen molar-refractivity contribution >= 4 is 33.3 Å². The number of nitrogens with zero attached hydrogens (tertiary/aromatic N) is 2. The molecular formula is C13H21BrN4S. The van der Waals surface area contributed by atoms with Crippen LogP contribution in [-0.4, -0.2) is 27.5 Å². The molecule has 1 heterocycles. The lowest BCUT2D eigenvalue weighted by Crippen LogP contribution is -2.43. The van der Waals surface area contributed by atoms with E-state index in [0.29, 0.717) is 6.04 Å². The van der Waals surface area contributed by atoms with Crippen molar-refractivity contribution in [2.75, 3.05) is 6.54 Å². The van der Waals surface area contributed by atoms with Gasteiger partial charge in [-0.1, -0.05) is 19.3 Å². The largest absolute Gasteiger partial charge is 0.363 e. The van der Waals surface area contributed by atoms with Gasteiger partial charge in [-0.15, -0.1) is 0 Å². The Balaban J connectivity index is 1.56. The Hall–Kier alpha value is -0.620. The van der Waals surface area contributed by atoms with E-state index in [2.05, 4.69) is 31.7 Å². The zero-order chi connectivity index (χ0) is 13.5. The quantitative estimate of drug-likeness (QED) is 0.636. The zero-order valence-electron chi connectivity index (χ0n) is 11.1. The summed E-state index contributed by atoms with van der Waals surface area (Å²) in [4.78, 5) is 0. The molecule has 1 fully saturated rings. The first kappa shape index (κ1) is 14.8. The van der Waals surface area contributed by atoms with Gasteiger partial charge in [0.05, 0.1) is 10.7 Å². The van der Waals surface area contributed by atoms with Gasteiger partial charge in [-0.2, -0.15) is 5.10 Å². The van der Waals surface area contributed by atoms with Crippen molar-refractivity contribution in [3.63, 3.8) is 0 Å². The maximum Gasteiger partial charge on any atom is 0.166 e. The fraction of sp³-hybridized carbons (Fsp3) is 0.692. The number of thiocarbonyl (C=S) groups is 1. The van der Waals surface area contributed by atoms with Gasteiger partial charge in [0.2, 0.25) is 0 Å². The molecule has 0 amide bonds. The monoisotopic (exact) mass is 344 g/mol. The average Bonchev–Trinajstić information content (AvgIpc) is 2.82. The number of hydrogen-bond donors (Lipinski definition) is 2. The molecule has 2 rings (SSSR count). The molecule has 0 atom stereocenters. The summed E-state index contributed by atoms with van der Waals surface area (Å²) in [5.41, 5.74) is 0. The molecule has 106 valence electrons. The fourth-order valence-corrected chi connectivity index (χ4v) is 2.98. The highest BCUT2D eigenvalue weighted by atomic mass is 79.9. The second-order valence-electron chi connectivity index (χ2n) is 5.01. The normalized spacial score (nSPS) is 16.3. The summed E-state index contributed by atoms with van der Waals surface area (Å²) in [7, 11) is 0. The highest BCUT2D eigenvalue weighted by molar-refractivity contribution is 9.10. The van der Waals surface area contributed by atoms with E-state index in [1.165, 1.54) is 32.1 Å². The maximum absolute atomic E-state index is 5.32. The van der Waals surface area contributed by atoms with E-state index in [4.69, 9.17) is 12.2 Å². The van der Waals surface area contributed by atoms with Gasteiger partial charge in [0, 0.05) is 25.3 Å². The van der Waals surface area contributed by atoms with Crippen molar-refractivity contribution in [3.8, 4) is 0 Å². The first-order chi connectivity index (χ1) is 9.24. The third kappa shape index (κ3) is 5.48. The van der Waals surface area contributed by atoms with Crippen molar-refractivity contribution in [1.82, 2.24) is 20.4 Å². The Morgan fingerprint density at radius 1 is 1.42 bits per heavy atom. The number of rotatable bonds is 5. The predicted octanol–water partition coefficient (Wildman–Crippen LogP) is 2.83. The molecule has 0 unspecified atom stereocenters. The van der Waals surface area contributed by atoms with Crippen molar-refractivity contribution in [1.29, 1.82) is 0 Å². The number of halogens is 1. The second kappa shape index (κ2) is 7.85. The minimum absolute atomic E-state index is 0.579. The lowest BCUT2D eigenvalue weighted by atomic mass is 9.96. The van der Waals surface area contributed by atoms with E-state index in [1.807, 2.05) is 17.1 Å². The van der Waals surface area contributed by atoms with E-state index in [-0.39, 0.29) is 0 Å². The highest BCUT2D eigenvalue weighted by Crippen LogP contribution is 2.17. The molecule has 1 aromatic rings. The molecule has 1 saturated carbocycles. The molecule has 0 radical (unpaired) electrons. The molecule has 19 heavy (non-hydrogen) atoms. The van der Waals surface area contributed by atoms with Crippen LogP contribution >= 0.6 is 28.1 Å². The summed E-state index contributed by atoms with van der Waals surface area (Å²) < 4.78 is 2.96. The Bertz CT molecular complexity index is 401. The van der Waals surface area contributed by atoms with Gasteiger partial charge in [-0.3, -0.25) is 4.68 Å². The molecular weight excluding hydrogens is 324 g/mol. The first-order valence-corrected chi connectivity index (χ1v) is 8.16. The first-order valence-electron chi connectivity index (χ1n) is 6.96. The van der Waals surface area contributed by atoms with Gasteiger partial charge in [-0.25, -0.2) is 0 Å². The van der Waals surface area contributed by atoms with Gasteiger partial charge in [-0.05, 0) is 47.4 Å². The van der Waals surface area contributed by atoms with Crippen molar-refractivity contribution in [2.24, 2.45) is 0 Å². The molecule has 2 N–H and O–H groups in total. The summed E-state index contributed by atoms with van der Waals surface area (Å²) in [5, 5.41) is 11.7. The Kier molecular flexibility index (Phi) is 6.10. The number of hydrogen-bond acceptors (Lipinski definition) is 2. The smallest absolute Gasteiger partial charge is 0.166 e. The summed E-state index contributed by atoms with van der Waals surface area (Å²) in [6, 6.07) is 0.579. The minimum atomic E-state index is 0.579. The van der Waals surface area contributed by atoms with E-state index in [0.717, 1.165) is 29.1 Å². The Morgan fingerprint density at radius 3 is 2.89 bits per heavy atom.